The SMILES string of the molecule is O=C1CC(C(F)(F)F)N(C(=O)Cn2cnc3sc4c(c3c2=O)CCNC4)c2ccccc2N1. The quantitative estimate of drug-likeness (QED) is 0.591. The first kappa shape index (κ1) is 21.6. The maximum atomic E-state index is 13.9. The summed E-state index contributed by atoms with van der Waals surface area (Å²) in [5.41, 5.74) is 0.435. The Morgan fingerprint density at radius 1 is 1.24 bits per heavy atom. The second-order valence-electron chi connectivity index (χ2n) is 7.88. The molecule has 8 nitrogen and oxygen atoms in total. The number of carbonyl (C=O) groups excluding carboxylic acids is 2. The van der Waals surface area contributed by atoms with Crippen LogP contribution >= 0.6 is 11.3 Å². The van der Waals surface area contributed by atoms with Crippen molar-refractivity contribution < 1.29 is 22.8 Å². The Kier molecular flexibility index (Phi) is 5.20. The molecule has 2 aliphatic rings. The third kappa shape index (κ3) is 3.78. The lowest BCUT2D eigenvalue weighted by molar-refractivity contribution is -0.158. The summed E-state index contributed by atoms with van der Waals surface area (Å²) >= 11 is 1.39. The van der Waals surface area contributed by atoms with Crippen LogP contribution in [0.3, 0.4) is 0 Å². The van der Waals surface area contributed by atoms with Gasteiger partial charge in [0.05, 0.1) is 29.5 Å². The maximum absolute atomic E-state index is 13.9. The summed E-state index contributed by atoms with van der Waals surface area (Å²) < 4.78 is 42.8. The van der Waals surface area contributed by atoms with Crippen molar-refractivity contribution >= 4 is 44.7 Å². The van der Waals surface area contributed by atoms with Crippen molar-refractivity contribution in [2.45, 2.75) is 38.1 Å². The molecule has 0 bridgehead atoms. The molecule has 2 aromatic heterocycles. The lowest BCUT2D eigenvalue weighted by Gasteiger charge is -2.31. The molecule has 1 atom stereocenters. The number of alkyl halides is 3. The molecule has 0 saturated carbocycles. The van der Waals surface area contributed by atoms with Crippen LogP contribution in [0.5, 0.6) is 0 Å². The third-order valence-corrected chi connectivity index (χ3v) is 6.92. The van der Waals surface area contributed by atoms with Gasteiger partial charge in [-0.3, -0.25) is 23.9 Å². The maximum Gasteiger partial charge on any atom is 0.409 e. The summed E-state index contributed by atoms with van der Waals surface area (Å²) in [7, 11) is 0. The van der Waals surface area contributed by atoms with Crippen molar-refractivity contribution in [3.63, 3.8) is 0 Å². The Balaban J connectivity index is 1.57. The number of carbonyl (C=O) groups is 2. The third-order valence-electron chi connectivity index (χ3n) is 5.78. The number of anilines is 2. The second-order valence-corrected chi connectivity index (χ2v) is 8.96. The predicted octanol–water partition coefficient (Wildman–Crippen LogP) is 2.41. The molecule has 2 N–H and O–H groups in total. The number of nitrogens with one attached hydrogen (secondary N) is 2. The van der Waals surface area contributed by atoms with E-state index in [1.54, 1.807) is 6.07 Å². The van der Waals surface area contributed by atoms with E-state index < -0.39 is 42.6 Å². The molecule has 172 valence electrons. The van der Waals surface area contributed by atoms with Crippen LogP contribution in [0.15, 0.2) is 35.4 Å². The van der Waals surface area contributed by atoms with Gasteiger partial charge in [0.1, 0.15) is 17.4 Å². The highest BCUT2D eigenvalue weighted by Gasteiger charge is 2.49. The fraction of sp³-hybridized carbons (Fsp3) is 0.333. The number of thiophene rings is 1. The van der Waals surface area contributed by atoms with E-state index in [0.29, 0.717) is 34.6 Å². The topological polar surface area (TPSA) is 96.3 Å². The van der Waals surface area contributed by atoms with Gasteiger partial charge in [-0.25, -0.2) is 4.98 Å². The number of halogens is 3. The number of benzene rings is 1. The highest BCUT2D eigenvalue weighted by Crippen LogP contribution is 2.38. The first-order valence-electron chi connectivity index (χ1n) is 10.2. The van der Waals surface area contributed by atoms with Gasteiger partial charge in [-0.15, -0.1) is 11.3 Å². The van der Waals surface area contributed by atoms with Crippen molar-refractivity contribution in [1.29, 1.82) is 0 Å². The van der Waals surface area contributed by atoms with Crippen LogP contribution in [0.25, 0.3) is 10.2 Å². The number of aromatic nitrogens is 2. The number of hydrogen-bond acceptors (Lipinski definition) is 6. The van der Waals surface area contributed by atoms with E-state index in [-0.39, 0.29) is 11.4 Å². The van der Waals surface area contributed by atoms with Gasteiger partial charge in [-0.05, 0) is 30.7 Å². The number of amides is 2. The molecule has 0 saturated heterocycles. The zero-order chi connectivity index (χ0) is 23.3. The molecule has 0 fully saturated rings. The van der Waals surface area contributed by atoms with Crippen molar-refractivity contribution in [2.75, 3.05) is 16.8 Å². The first-order chi connectivity index (χ1) is 15.7. The predicted molar refractivity (Wildman–Crippen MR) is 116 cm³/mol. The van der Waals surface area contributed by atoms with Crippen LogP contribution in [-0.2, 0) is 29.1 Å². The Morgan fingerprint density at radius 2 is 2.03 bits per heavy atom. The van der Waals surface area contributed by atoms with Crippen molar-refractivity contribution in [3.05, 3.63) is 51.4 Å². The number of fused-ring (bicyclic) bond motifs is 4. The molecule has 33 heavy (non-hydrogen) atoms. The minimum Gasteiger partial charge on any atom is -0.324 e. The summed E-state index contributed by atoms with van der Waals surface area (Å²) in [5, 5.41) is 6.05. The lowest BCUT2D eigenvalue weighted by Crippen LogP contribution is -2.51. The Hall–Kier alpha value is -3.25. The van der Waals surface area contributed by atoms with E-state index in [9.17, 15) is 27.6 Å². The van der Waals surface area contributed by atoms with E-state index in [2.05, 4.69) is 15.6 Å². The molecular formula is C21H18F3N5O3S. The molecule has 1 unspecified atom stereocenters. The van der Waals surface area contributed by atoms with E-state index in [1.165, 1.54) is 35.9 Å². The van der Waals surface area contributed by atoms with E-state index >= 15 is 0 Å². The molecule has 0 radical (unpaired) electrons. The Labute approximate surface area is 189 Å². The van der Waals surface area contributed by atoms with Gasteiger partial charge >= 0.3 is 6.18 Å². The normalized spacial score (nSPS) is 18.5. The minimum absolute atomic E-state index is 0.0725. The van der Waals surface area contributed by atoms with E-state index in [0.717, 1.165) is 15.0 Å². The highest BCUT2D eigenvalue weighted by molar-refractivity contribution is 7.18. The van der Waals surface area contributed by atoms with Crippen molar-refractivity contribution in [3.8, 4) is 0 Å². The molecule has 2 aliphatic heterocycles. The number of hydrogen-bond donors (Lipinski definition) is 2. The second kappa shape index (κ2) is 7.96. The van der Waals surface area contributed by atoms with Crippen molar-refractivity contribution in [2.24, 2.45) is 0 Å². The van der Waals surface area contributed by atoms with Crippen LogP contribution in [0.1, 0.15) is 16.9 Å². The van der Waals surface area contributed by atoms with E-state index in [4.69, 9.17) is 0 Å². The summed E-state index contributed by atoms with van der Waals surface area (Å²) in [6.07, 6.45) is -3.97. The van der Waals surface area contributed by atoms with Crippen LogP contribution < -0.4 is 21.1 Å². The number of rotatable bonds is 2. The number of para-hydroxylation sites is 2. The molecule has 0 spiro atoms. The van der Waals surface area contributed by atoms with Gasteiger partial charge < -0.3 is 10.6 Å². The smallest absolute Gasteiger partial charge is 0.324 e. The molecule has 1 aromatic carbocycles. The van der Waals surface area contributed by atoms with Crippen LogP contribution in [-0.4, -0.2) is 40.1 Å². The highest BCUT2D eigenvalue weighted by atomic mass is 32.1. The molecule has 0 aliphatic carbocycles. The number of nitrogens with zero attached hydrogens (tertiary/aromatic N) is 3. The summed E-state index contributed by atoms with van der Waals surface area (Å²) in [6, 6.07) is 3.44. The largest absolute Gasteiger partial charge is 0.409 e. The first-order valence-corrected chi connectivity index (χ1v) is 11.0. The molecule has 4 heterocycles. The Morgan fingerprint density at radius 3 is 2.82 bits per heavy atom. The van der Waals surface area contributed by atoms with Gasteiger partial charge in [0, 0.05) is 11.4 Å². The average Bonchev–Trinajstić information content (AvgIpc) is 3.06. The Bertz CT molecular complexity index is 1330. The molecule has 5 rings (SSSR count). The average molecular weight is 477 g/mol. The van der Waals surface area contributed by atoms with Crippen molar-refractivity contribution in [1.82, 2.24) is 14.9 Å². The summed E-state index contributed by atoms with van der Waals surface area (Å²) in [4.78, 5) is 44.9. The zero-order valence-electron chi connectivity index (χ0n) is 17.1. The molecule has 3 aromatic rings. The standard InChI is InChI=1S/C21H18F3N5O3S/c22-21(23,24)15-7-16(30)27-12-3-1-2-4-13(12)29(15)17(31)9-28-10-26-19-18(20(28)32)11-5-6-25-8-14(11)33-19/h1-4,10,15,25H,5-9H2,(H,27,30). The zero-order valence-corrected chi connectivity index (χ0v) is 17.9. The monoisotopic (exact) mass is 477 g/mol. The minimum atomic E-state index is -4.85. The van der Waals surface area contributed by atoms with Crippen LogP contribution in [0.4, 0.5) is 24.5 Å². The van der Waals surface area contributed by atoms with Gasteiger partial charge in [-0.2, -0.15) is 13.2 Å². The fourth-order valence-electron chi connectivity index (χ4n) is 4.28. The van der Waals surface area contributed by atoms with E-state index in [1.807, 2.05) is 0 Å². The van der Waals surface area contributed by atoms with Gasteiger partial charge in [0.2, 0.25) is 11.8 Å². The summed E-state index contributed by atoms with van der Waals surface area (Å²) in [5.74, 6) is -1.81. The fourth-order valence-corrected chi connectivity index (χ4v) is 5.43. The molecule has 2 amide bonds. The van der Waals surface area contributed by atoms with Gasteiger partial charge in [0.15, 0.2) is 0 Å². The molecular weight excluding hydrogens is 459 g/mol. The van der Waals surface area contributed by atoms with Gasteiger partial charge in [0.25, 0.3) is 5.56 Å². The van der Waals surface area contributed by atoms with Crippen LogP contribution in [0, 0.1) is 0 Å². The van der Waals surface area contributed by atoms with Crippen LogP contribution in [0.2, 0.25) is 0 Å². The molecule has 12 heteroatoms. The lowest BCUT2D eigenvalue weighted by atomic mass is 10.1. The summed E-state index contributed by atoms with van der Waals surface area (Å²) in [6.45, 7) is 0.679. The van der Waals surface area contributed by atoms with Gasteiger partial charge in [-0.1, -0.05) is 12.1 Å².